The Morgan fingerprint density at radius 3 is 1.23 bits per heavy atom. The average Bonchev–Trinajstić information content (AvgIpc) is 0.770. The minimum atomic E-state index is -2.29. The number of aliphatic hydroxyl groups is 18. The Hall–Kier alpha value is -2.52. The van der Waals surface area contributed by atoms with Gasteiger partial charge in [-0.25, -0.2) is 0 Å². The number of carbonyl (C=O) groups is 2. The van der Waals surface area contributed by atoms with Gasteiger partial charge in [-0.3, -0.25) is 9.59 Å². The van der Waals surface area contributed by atoms with Crippen LogP contribution >= 0.6 is 0 Å². The molecule has 6 fully saturated rings. The molecule has 34 nitrogen and oxygen atoms in total. The molecule has 0 aromatic heterocycles. The summed E-state index contributed by atoms with van der Waals surface area (Å²) in [6, 6.07) is -2.90. The number of hydrogen-bond donors (Lipinski definition) is 20. The lowest BCUT2D eigenvalue weighted by Gasteiger charge is -2.51. The number of rotatable bonds is 50. The van der Waals surface area contributed by atoms with Crippen molar-refractivity contribution in [2.75, 3.05) is 39.6 Å². The first-order chi connectivity index (χ1) is 51.9. The molecule has 0 saturated carbocycles. The van der Waals surface area contributed by atoms with Crippen LogP contribution in [0.3, 0.4) is 0 Å². The molecule has 0 aliphatic carbocycles. The summed E-state index contributed by atoms with van der Waals surface area (Å²) in [5.74, 6) is -1.22. The van der Waals surface area contributed by atoms with Gasteiger partial charge in [-0.15, -0.1) is 0 Å². The maximum atomic E-state index is 13.5. The van der Waals surface area contributed by atoms with Crippen LogP contribution < -0.4 is 10.6 Å². The molecule has 0 bridgehead atoms. The average molecular weight is 1560 g/mol. The molecular weight excluding hydrogens is 1430 g/mol. The summed E-state index contributed by atoms with van der Waals surface area (Å²) in [6.45, 7) is 1.30. The molecular formula is C74H134N2O32. The smallest absolute Gasteiger partial charge is 0.220 e. The highest BCUT2D eigenvalue weighted by molar-refractivity contribution is 5.76. The van der Waals surface area contributed by atoms with Crippen molar-refractivity contribution in [2.24, 2.45) is 0 Å². The van der Waals surface area contributed by atoms with Crippen LogP contribution in [0.15, 0.2) is 12.2 Å². The molecule has 20 N–H and O–H groups in total. The van der Waals surface area contributed by atoms with Gasteiger partial charge in [0.25, 0.3) is 0 Å². The molecule has 6 rings (SSSR count). The maximum Gasteiger partial charge on any atom is 0.220 e. The van der Waals surface area contributed by atoms with Crippen molar-refractivity contribution >= 4 is 11.8 Å². The number of carbonyl (C=O) groups excluding carboxylic acids is 2. The lowest BCUT2D eigenvalue weighted by molar-refractivity contribution is -0.394. The van der Waals surface area contributed by atoms with Crippen molar-refractivity contribution in [3.8, 4) is 0 Å². The van der Waals surface area contributed by atoms with E-state index < -0.39 is 242 Å². The van der Waals surface area contributed by atoms with Gasteiger partial charge in [0.05, 0.1) is 57.9 Å². The Bertz CT molecular complexity index is 2450. The quantitative estimate of drug-likeness (QED) is 0.0242. The third kappa shape index (κ3) is 28.2. The van der Waals surface area contributed by atoms with Gasteiger partial charge in [0.1, 0.15) is 140 Å². The fraction of sp³-hybridized carbons (Fsp3) is 0.946. The molecule has 6 heterocycles. The number of hydrogen-bond acceptors (Lipinski definition) is 32. The Balaban J connectivity index is 1.11. The number of aliphatic hydroxyl groups excluding tert-OH is 18. The standard InChI is InChI=1S/C74H134N2O32/c1-5-7-9-11-13-15-17-19-20-22-24-26-28-30-32-34-50(84)76-43(44(83)33-31-29-27-25-23-21-18-16-14-12-10-8-6-2)40-97-70-61(94)59(92)64(49(39-81)103-70)104-72-63(96)67(56(89)48(38-80)100-72)107-73-62(95)66(55(88)47(37-79)101-73)106-69-51(75-42(4)82)65(54(87)46(36-78)99-69)105-74-68(58(91)53(86)45(35-77)102-74)108-71-60(93)57(90)52(85)41(3)98-71/h31,33,41,43-49,51-74,77-81,83,85-96H,5-30,32,34-40H2,1-4H3,(H,75,82)(H,76,84)/b33-31+/t41?,43-,44+,45?,46?,47?,48?,49?,51?,52+,53-,54-,55-,56-,57?,58-,59+,60-,61?,62?,63?,64+,65+,66-,67-,68?,69-,70+,71+,72-,73+,74-/m0/s1. The molecule has 0 aromatic carbocycles. The zero-order valence-electron chi connectivity index (χ0n) is 63.4. The highest BCUT2D eigenvalue weighted by atomic mass is 16.8. The van der Waals surface area contributed by atoms with E-state index in [9.17, 15) is 102 Å². The maximum absolute atomic E-state index is 13.5. The van der Waals surface area contributed by atoms with Gasteiger partial charge < -0.3 is 159 Å². The second-order valence-corrected chi connectivity index (χ2v) is 29.9. The summed E-state index contributed by atoms with van der Waals surface area (Å²) in [6.07, 6.45) is -22.3. The van der Waals surface area contributed by atoms with Gasteiger partial charge in [-0.05, 0) is 26.2 Å². The Morgan fingerprint density at radius 2 is 0.750 bits per heavy atom. The molecule has 0 aromatic rings. The van der Waals surface area contributed by atoms with E-state index >= 15 is 0 Å². The molecule has 0 radical (unpaired) electrons. The van der Waals surface area contributed by atoms with E-state index in [0.29, 0.717) is 12.8 Å². The summed E-state index contributed by atoms with van der Waals surface area (Å²) >= 11 is 0. The van der Waals surface area contributed by atoms with Crippen LogP contribution in [0.4, 0.5) is 0 Å². The van der Waals surface area contributed by atoms with Crippen molar-refractivity contribution in [2.45, 2.75) is 404 Å². The van der Waals surface area contributed by atoms with Crippen molar-refractivity contribution in [3.63, 3.8) is 0 Å². The molecule has 6 aliphatic heterocycles. The monoisotopic (exact) mass is 1560 g/mol. The fourth-order valence-corrected chi connectivity index (χ4v) is 14.6. The van der Waals surface area contributed by atoms with Crippen LogP contribution in [0.25, 0.3) is 0 Å². The Labute approximate surface area is 634 Å². The highest BCUT2D eigenvalue weighted by Crippen LogP contribution is 2.38. The predicted octanol–water partition coefficient (Wildman–Crippen LogP) is -1.54. The summed E-state index contributed by atoms with van der Waals surface area (Å²) in [4.78, 5) is 26.5. The van der Waals surface area contributed by atoms with Gasteiger partial charge in [0.15, 0.2) is 37.7 Å². The molecule has 6 aliphatic rings. The minimum absolute atomic E-state index is 0.177. The van der Waals surface area contributed by atoms with Gasteiger partial charge in [0.2, 0.25) is 11.8 Å². The van der Waals surface area contributed by atoms with Crippen LogP contribution in [0.1, 0.15) is 207 Å². The van der Waals surface area contributed by atoms with E-state index in [-0.39, 0.29) is 12.3 Å². The summed E-state index contributed by atoms with van der Waals surface area (Å²) < 4.78 is 70.8. The zero-order chi connectivity index (χ0) is 79.0. The highest BCUT2D eigenvalue weighted by Gasteiger charge is 2.58. The van der Waals surface area contributed by atoms with Gasteiger partial charge >= 0.3 is 0 Å². The first-order valence-electron chi connectivity index (χ1n) is 39.8. The Kier molecular flexibility index (Phi) is 43.7. The van der Waals surface area contributed by atoms with E-state index in [1.165, 1.54) is 116 Å². The minimum Gasteiger partial charge on any atom is -0.394 e. The van der Waals surface area contributed by atoms with Crippen molar-refractivity contribution < 1.29 is 158 Å². The molecule has 12 unspecified atom stereocenters. The molecule has 0 spiro atoms. The number of amides is 2. The van der Waals surface area contributed by atoms with Gasteiger partial charge in [0, 0.05) is 13.3 Å². The first-order valence-corrected chi connectivity index (χ1v) is 39.8. The number of unbranched alkanes of at least 4 members (excludes halogenated alkanes) is 25. The molecule has 32 atom stereocenters. The second-order valence-electron chi connectivity index (χ2n) is 29.9. The molecule has 6 saturated heterocycles. The lowest BCUT2D eigenvalue weighted by Crippen LogP contribution is -2.70. The van der Waals surface area contributed by atoms with Gasteiger partial charge in [-0.2, -0.15) is 0 Å². The predicted molar refractivity (Wildman–Crippen MR) is 381 cm³/mol. The third-order valence-electron chi connectivity index (χ3n) is 21.3. The molecule has 2 amide bonds. The molecule has 34 heteroatoms. The number of allylic oxidation sites excluding steroid dienone is 1. The molecule has 108 heavy (non-hydrogen) atoms. The third-order valence-corrected chi connectivity index (χ3v) is 21.3. The normalized spacial score (nSPS) is 38.2. The van der Waals surface area contributed by atoms with Crippen LogP contribution in [0.5, 0.6) is 0 Å². The molecule has 632 valence electrons. The fourth-order valence-electron chi connectivity index (χ4n) is 14.6. The largest absolute Gasteiger partial charge is 0.394 e. The Morgan fingerprint density at radius 1 is 0.380 bits per heavy atom. The van der Waals surface area contributed by atoms with Crippen molar-refractivity contribution in [1.29, 1.82) is 0 Å². The van der Waals surface area contributed by atoms with E-state index in [0.717, 1.165) is 58.3 Å². The van der Waals surface area contributed by atoms with Gasteiger partial charge in [-0.1, -0.05) is 180 Å². The SMILES string of the molecule is CCCCCCCCCCCCC/C=C/[C@@H](O)[C@H](CO[C@@H]1OC(CO)[C@@H](O[C@@H]2OC(CO)[C@H](O)[C@H](O[C@H]3OC(CO)[C@H](O)[C@H](O[C@@H]4OC(CO)[C@H](O)[C@H](O[C@@H]5OC(CO)[C@H](O)[C@H](O)C5O[C@H]5OC(C)[C@@H](O)C(O)[C@@H]5O)C4NC(C)=O)C3O)C2O)[C@H](O)C1O)NC(=O)CCCCCCCCCCCCCCCCC. The summed E-state index contributed by atoms with van der Waals surface area (Å²) in [7, 11) is 0. The number of nitrogens with one attached hydrogen (secondary N) is 2. The van der Waals surface area contributed by atoms with E-state index in [1.54, 1.807) is 6.08 Å². The van der Waals surface area contributed by atoms with Crippen LogP contribution in [-0.2, 0) is 66.4 Å². The van der Waals surface area contributed by atoms with E-state index in [2.05, 4.69) is 24.5 Å². The topological polar surface area (TPSA) is 533 Å². The van der Waals surface area contributed by atoms with Crippen LogP contribution in [0.2, 0.25) is 0 Å². The number of ether oxygens (including phenoxy) is 12. The lowest BCUT2D eigenvalue weighted by atomic mass is 9.94. The zero-order valence-corrected chi connectivity index (χ0v) is 63.4. The van der Waals surface area contributed by atoms with E-state index in [1.807, 2.05) is 6.08 Å². The summed E-state index contributed by atoms with van der Waals surface area (Å²) in [5.41, 5.74) is 0. The first kappa shape index (κ1) is 94.3. The van der Waals surface area contributed by atoms with Crippen LogP contribution in [0, 0.1) is 0 Å². The van der Waals surface area contributed by atoms with E-state index in [4.69, 9.17) is 56.8 Å². The summed E-state index contributed by atoms with van der Waals surface area (Å²) in [5, 5.41) is 206. The van der Waals surface area contributed by atoms with Crippen molar-refractivity contribution in [3.05, 3.63) is 12.2 Å². The van der Waals surface area contributed by atoms with Crippen LogP contribution in [-0.4, -0.2) is 340 Å². The second kappa shape index (κ2) is 50.1. The van der Waals surface area contributed by atoms with Crippen molar-refractivity contribution in [1.82, 2.24) is 10.6 Å².